The second-order valence-electron chi connectivity index (χ2n) is 3.85. The zero-order valence-electron chi connectivity index (χ0n) is 9.51. The third-order valence-electron chi connectivity index (χ3n) is 2.34. The Bertz CT molecular complexity index is 385. The number of benzene rings is 1. The van der Waals surface area contributed by atoms with E-state index in [2.05, 4.69) is 5.32 Å². The molecule has 17 heavy (non-hydrogen) atoms. The fraction of sp³-hybridized carbons (Fsp3) is 0.417. The van der Waals surface area contributed by atoms with Crippen molar-refractivity contribution in [2.45, 2.75) is 25.8 Å². The Morgan fingerprint density at radius 3 is 2.82 bits per heavy atom. The number of nitrogens with two attached hydrogens (primary N) is 1. The molecule has 0 aliphatic carbocycles. The van der Waals surface area contributed by atoms with E-state index in [0.717, 1.165) is 24.9 Å². The van der Waals surface area contributed by atoms with Gasteiger partial charge >= 0.3 is 0 Å². The Morgan fingerprint density at radius 2 is 2.18 bits per heavy atom. The molecule has 0 aromatic heterocycles. The summed E-state index contributed by atoms with van der Waals surface area (Å²) in [5.74, 6) is -0.676. The fourth-order valence-corrected chi connectivity index (χ4v) is 1.55. The lowest BCUT2D eigenvalue weighted by Gasteiger charge is -2.05. The van der Waals surface area contributed by atoms with E-state index in [9.17, 15) is 9.18 Å². The molecule has 0 saturated heterocycles. The van der Waals surface area contributed by atoms with Crippen LogP contribution in [0, 0.1) is 5.82 Å². The van der Waals surface area contributed by atoms with Gasteiger partial charge in [0.25, 0.3) is 0 Å². The Kier molecular flexibility index (Phi) is 5.94. The molecule has 5 heteroatoms. The number of unbranched alkanes of at least 4 members (excludes halogenated alkanes) is 1. The molecule has 94 valence electrons. The van der Waals surface area contributed by atoms with Crippen molar-refractivity contribution >= 4 is 17.5 Å². The largest absolute Gasteiger partial charge is 0.370 e. The summed E-state index contributed by atoms with van der Waals surface area (Å²) in [6.07, 6.45) is 2.06. The molecule has 0 spiro atoms. The predicted octanol–water partition coefficient (Wildman–Crippen LogP) is 2.22. The van der Waals surface area contributed by atoms with Crippen LogP contribution < -0.4 is 11.1 Å². The molecule has 0 atom stereocenters. The van der Waals surface area contributed by atoms with Crippen LogP contribution in [-0.4, -0.2) is 12.5 Å². The van der Waals surface area contributed by atoms with Gasteiger partial charge in [0.1, 0.15) is 5.82 Å². The van der Waals surface area contributed by atoms with E-state index in [-0.39, 0.29) is 10.9 Å². The van der Waals surface area contributed by atoms with Gasteiger partial charge in [0.15, 0.2) is 0 Å². The summed E-state index contributed by atoms with van der Waals surface area (Å²) in [4.78, 5) is 10.5. The van der Waals surface area contributed by atoms with Crippen LogP contribution in [0.4, 0.5) is 4.39 Å². The highest BCUT2D eigenvalue weighted by Crippen LogP contribution is 2.15. The zero-order valence-corrected chi connectivity index (χ0v) is 10.3. The predicted molar refractivity (Wildman–Crippen MR) is 66.2 cm³/mol. The Labute approximate surface area is 105 Å². The molecule has 0 saturated carbocycles. The lowest BCUT2D eigenvalue weighted by Crippen LogP contribution is -2.16. The topological polar surface area (TPSA) is 55.1 Å². The molecule has 3 nitrogen and oxygen atoms in total. The van der Waals surface area contributed by atoms with Crippen molar-refractivity contribution in [3.8, 4) is 0 Å². The molecule has 1 amide bonds. The number of hydrogen-bond acceptors (Lipinski definition) is 2. The average Bonchev–Trinajstić information content (AvgIpc) is 2.27. The highest BCUT2D eigenvalue weighted by Gasteiger charge is 2.00. The highest BCUT2D eigenvalue weighted by atomic mass is 35.5. The number of carbonyl (C=O) groups excluding carboxylic acids is 1. The van der Waals surface area contributed by atoms with Gasteiger partial charge in [0.05, 0.1) is 5.02 Å². The molecule has 0 heterocycles. The summed E-state index contributed by atoms with van der Waals surface area (Å²) < 4.78 is 13.1. The first kappa shape index (κ1) is 13.9. The van der Waals surface area contributed by atoms with E-state index in [1.165, 1.54) is 6.07 Å². The molecule has 1 aromatic carbocycles. The van der Waals surface area contributed by atoms with Crippen LogP contribution in [0.1, 0.15) is 24.8 Å². The summed E-state index contributed by atoms with van der Waals surface area (Å²) in [7, 11) is 0. The monoisotopic (exact) mass is 258 g/mol. The van der Waals surface area contributed by atoms with Crippen LogP contribution in [0.25, 0.3) is 0 Å². The van der Waals surface area contributed by atoms with Crippen LogP contribution >= 0.6 is 11.6 Å². The van der Waals surface area contributed by atoms with Crippen molar-refractivity contribution < 1.29 is 9.18 Å². The van der Waals surface area contributed by atoms with Gasteiger partial charge in [-0.1, -0.05) is 17.7 Å². The molecule has 0 fully saturated rings. The van der Waals surface area contributed by atoms with Crippen molar-refractivity contribution in [2.75, 3.05) is 6.54 Å². The molecule has 1 rings (SSSR count). The summed E-state index contributed by atoms with van der Waals surface area (Å²) in [5.41, 5.74) is 5.86. The first-order valence-corrected chi connectivity index (χ1v) is 5.90. The van der Waals surface area contributed by atoms with E-state index >= 15 is 0 Å². The maximum atomic E-state index is 13.1. The minimum atomic E-state index is -0.403. The SMILES string of the molecule is NC(=O)CCCCNCc1ccc(Cl)c(F)c1. The van der Waals surface area contributed by atoms with Gasteiger partial charge < -0.3 is 11.1 Å². The number of amides is 1. The van der Waals surface area contributed by atoms with E-state index in [1.54, 1.807) is 12.1 Å². The molecular formula is C12H16ClFN2O. The van der Waals surface area contributed by atoms with Gasteiger partial charge in [0, 0.05) is 13.0 Å². The number of halogens is 2. The van der Waals surface area contributed by atoms with Gasteiger partial charge in [-0.05, 0) is 37.1 Å². The van der Waals surface area contributed by atoms with E-state index in [4.69, 9.17) is 17.3 Å². The van der Waals surface area contributed by atoms with Crippen molar-refractivity contribution in [2.24, 2.45) is 5.73 Å². The number of hydrogen-bond donors (Lipinski definition) is 2. The standard InChI is InChI=1S/C12H16ClFN2O/c13-10-5-4-9(7-11(10)14)8-16-6-2-1-3-12(15)17/h4-5,7,16H,1-3,6,8H2,(H2,15,17). The molecule has 0 aliphatic heterocycles. The zero-order chi connectivity index (χ0) is 12.7. The minimum Gasteiger partial charge on any atom is -0.370 e. The third kappa shape index (κ3) is 5.65. The van der Waals surface area contributed by atoms with E-state index in [0.29, 0.717) is 13.0 Å². The molecule has 0 aliphatic rings. The quantitative estimate of drug-likeness (QED) is 0.737. The van der Waals surface area contributed by atoms with Crippen molar-refractivity contribution in [1.82, 2.24) is 5.32 Å². The first-order valence-electron chi connectivity index (χ1n) is 5.52. The first-order chi connectivity index (χ1) is 8.09. The normalized spacial score (nSPS) is 10.5. The molecule has 1 aromatic rings. The minimum absolute atomic E-state index is 0.134. The van der Waals surface area contributed by atoms with Crippen LogP contribution in [0.3, 0.4) is 0 Å². The molecule has 0 unspecified atom stereocenters. The van der Waals surface area contributed by atoms with Gasteiger partial charge in [-0.15, -0.1) is 0 Å². The molecule has 3 N–H and O–H groups in total. The Hall–Kier alpha value is -1.13. The number of carbonyl (C=O) groups is 1. The average molecular weight is 259 g/mol. The van der Waals surface area contributed by atoms with E-state index < -0.39 is 5.82 Å². The third-order valence-corrected chi connectivity index (χ3v) is 2.65. The summed E-state index contributed by atoms with van der Waals surface area (Å²) in [5, 5.41) is 3.29. The Morgan fingerprint density at radius 1 is 1.41 bits per heavy atom. The lowest BCUT2D eigenvalue weighted by atomic mass is 10.2. The maximum Gasteiger partial charge on any atom is 0.217 e. The van der Waals surface area contributed by atoms with Crippen LogP contribution in [0.5, 0.6) is 0 Å². The fourth-order valence-electron chi connectivity index (χ4n) is 1.43. The highest BCUT2D eigenvalue weighted by molar-refractivity contribution is 6.30. The van der Waals surface area contributed by atoms with E-state index in [1.807, 2.05) is 0 Å². The smallest absolute Gasteiger partial charge is 0.217 e. The molecule has 0 bridgehead atoms. The van der Waals surface area contributed by atoms with Crippen LogP contribution in [0.15, 0.2) is 18.2 Å². The summed E-state index contributed by atoms with van der Waals surface area (Å²) in [6, 6.07) is 4.74. The molecular weight excluding hydrogens is 243 g/mol. The maximum absolute atomic E-state index is 13.1. The van der Waals surface area contributed by atoms with Crippen molar-refractivity contribution in [1.29, 1.82) is 0 Å². The van der Waals surface area contributed by atoms with Crippen molar-refractivity contribution in [3.63, 3.8) is 0 Å². The summed E-state index contributed by atoms with van der Waals surface area (Å²) in [6.45, 7) is 1.36. The summed E-state index contributed by atoms with van der Waals surface area (Å²) >= 11 is 5.57. The second-order valence-corrected chi connectivity index (χ2v) is 4.26. The van der Waals surface area contributed by atoms with Gasteiger partial charge in [-0.3, -0.25) is 4.79 Å². The molecule has 0 radical (unpaired) electrons. The van der Waals surface area contributed by atoms with Crippen LogP contribution in [-0.2, 0) is 11.3 Å². The Balaban J connectivity index is 2.18. The number of primary amides is 1. The lowest BCUT2D eigenvalue weighted by molar-refractivity contribution is -0.118. The van der Waals surface area contributed by atoms with Crippen LogP contribution in [0.2, 0.25) is 5.02 Å². The number of nitrogens with one attached hydrogen (secondary N) is 1. The van der Waals surface area contributed by atoms with Gasteiger partial charge in [0.2, 0.25) is 5.91 Å². The van der Waals surface area contributed by atoms with Gasteiger partial charge in [-0.2, -0.15) is 0 Å². The second kappa shape index (κ2) is 7.25. The van der Waals surface area contributed by atoms with Gasteiger partial charge in [-0.25, -0.2) is 4.39 Å². The number of rotatable bonds is 7. The van der Waals surface area contributed by atoms with Crippen molar-refractivity contribution in [3.05, 3.63) is 34.6 Å².